The number of allylic oxidation sites excluding steroid dienone is 1. The second kappa shape index (κ2) is 4.61. The monoisotopic (exact) mass is 228 g/mol. The summed E-state index contributed by atoms with van der Waals surface area (Å²) >= 11 is 0. The summed E-state index contributed by atoms with van der Waals surface area (Å²) < 4.78 is 0. The van der Waals surface area contributed by atoms with E-state index in [1.165, 1.54) is 42.5 Å². The van der Waals surface area contributed by atoms with Crippen LogP contribution in [0.4, 0.5) is 0 Å². The highest BCUT2D eigenvalue weighted by Crippen LogP contribution is 2.39. The number of rotatable bonds is 1. The van der Waals surface area contributed by atoms with Crippen molar-refractivity contribution >= 4 is 5.57 Å². The van der Waals surface area contributed by atoms with E-state index in [2.05, 4.69) is 29.4 Å². The van der Waals surface area contributed by atoms with Crippen molar-refractivity contribution in [1.82, 2.24) is 10.3 Å². The lowest BCUT2D eigenvalue weighted by Gasteiger charge is -2.37. The number of piperidine rings is 1. The molecule has 1 N–H and O–H groups in total. The molecule has 1 aliphatic heterocycles. The topological polar surface area (TPSA) is 24.9 Å². The summed E-state index contributed by atoms with van der Waals surface area (Å²) in [5.74, 6) is 1.60. The minimum absolute atomic E-state index is 0.709. The van der Waals surface area contributed by atoms with Crippen molar-refractivity contribution < 1.29 is 0 Å². The van der Waals surface area contributed by atoms with E-state index >= 15 is 0 Å². The molecule has 2 heteroatoms. The number of fused-ring (bicyclic) bond motifs is 1. The lowest BCUT2D eigenvalue weighted by Crippen LogP contribution is -2.38. The zero-order valence-corrected chi connectivity index (χ0v) is 10.4. The van der Waals surface area contributed by atoms with Crippen LogP contribution in [0.1, 0.15) is 30.4 Å². The SMILES string of the molecule is Cc1cncc(C2=CCC[C@H]3CCNC[C@@H]23)c1. The normalized spacial score (nSPS) is 28.4. The number of hydrogen-bond acceptors (Lipinski definition) is 2. The van der Waals surface area contributed by atoms with Crippen molar-refractivity contribution in [3.63, 3.8) is 0 Å². The predicted molar refractivity (Wildman–Crippen MR) is 70.7 cm³/mol. The van der Waals surface area contributed by atoms with E-state index in [9.17, 15) is 0 Å². The molecule has 0 amide bonds. The van der Waals surface area contributed by atoms with Gasteiger partial charge < -0.3 is 5.32 Å². The fourth-order valence-corrected chi connectivity index (χ4v) is 3.27. The van der Waals surface area contributed by atoms with Crippen molar-refractivity contribution in [3.05, 3.63) is 35.7 Å². The summed E-state index contributed by atoms with van der Waals surface area (Å²) in [6, 6.07) is 2.27. The van der Waals surface area contributed by atoms with E-state index in [0.29, 0.717) is 5.92 Å². The number of aryl methyl sites for hydroxylation is 1. The Bertz CT molecular complexity index is 436. The number of nitrogens with zero attached hydrogens (tertiary/aromatic N) is 1. The van der Waals surface area contributed by atoms with Crippen LogP contribution in [0.15, 0.2) is 24.5 Å². The van der Waals surface area contributed by atoms with Crippen LogP contribution in [0.25, 0.3) is 5.57 Å². The van der Waals surface area contributed by atoms with Gasteiger partial charge in [0.2, 0.25) is 0 Å². The highest BCUT2D eigenvalue weighted by atomic mass is 14.9. The largest absolute Gasteiger partial charge is 0.316 e. The summed E-state index contributed by atoms with van der Waals surface area (Å²) in [6.07, 6.45) is 10.3. The third-order valence-corrected chi connectivity index (χ3v) is 4.13. The maximum absolute atomic E-state index is 4.34. The molecule has 1 aromatic rings. The van der Waals surface area contributed by atoms with Crippen molar-refractivity contribution in [2.24, 2.45) is 11.8 Å². The molecule has 0 unspecified atom stereocenters. The lowest BCUT2D eigenvalue weighted by atomic mass is 9.73. The van der Waals surface area contributed by atoms with Gasteiger partial charge in [0.25, 0.3) is 0 Å². The Balaban J connectivity index is 1.93. The summed E-state index contributed by atoms with van der Waals surface area (Å²) in [5, 5.41) is 3.54. The van der Waals surface area contributed by atoms with Crippen molar-refractivity contribution in [3.8, 4) is 0 Å². The summed E-state index contributed by atoms with van der Waals surface area (Å²) in [4.78, 5) is 4.34. The molecule has 1 aliphatic carbocycles. The second-order valence-corrected chi connectivity index (χ2v) is 5.35. The quantitative estimate of drug-likeness (QED) is 0.799. The molecule has 2 heterocycles. The molecular weight excluding hydrogens is 208 g/mol. The van der Waals surface area contributed by atoms with E-state index in [1.54, 1.807) is 0 Å². The van der Waals surface area contributed by atoms with E-state index in [4.69, 9.17) is 0 Å². The summed E-state index contributed by atoms with van der Waals surface area (Å²) in [7, 11) is 0. The fraction of sp³-hybridized carbons (Fsp3) is 0.533. The molecule has 0 radical (unpaired) electrons. The molecule has 0 bridgehead atoms. The molecule has 1 saturated heterocycles. The van der Waals surface area contributed by atoms with E-state index in [0.717, 1.165) is 12.5 Å². The van der Waals surface area contributed by atoms with Gasteiger partial charge in [-0.05, 0) is 67.3 Å². The highest BCUT2D eigenvalue weighted by Gasteiger charge is 2.30. The van der Waals surface area contributed by atoms with Gasteiger partial charge in [0.15, 0.2) is 0 Å². The van der Waals surface area contributed by atoms with E-state index < -0.39 is 0 Å². The predicted octanol–water partition coefficient (Wildman–Crippen LogP) is 2.79. The molecule has 90 valence electrons. The van der Waals surface area contributed by atoms with Crippen LogP contribution < -0.4 is 5.32 Å². The Morgan fingerprint density at radius 3 is 3.12 bits per heavy atom. The van der Waals surface area contributed by atoms with Crippen molar-refractivity contribution in [1.29, 1.82) is 0 Å². The van der Waals surface area contributed by atoms with Gasteiger partial charge >= 0.3 is 0 Å². The molecule has 0 aromatic carbocycles. The maximum Gasteiger partial charge on any atom is 0.0343 e. The maximum atomic E-state index is 4.34. The molecular formula is C15H20N2. The van der Waals surface area contributed by atoms with E-state index in [-0.39, 0.29) is 0 Å². The van der Waals surface area contributed by atoms with Crippen LogP contribution in [0.3, 0.4) is 0 Å². The van der Waals surface area contributed by atoms with Crippen LogP contribution in [0, 0.1) is 18.8 Å². The number of pyridine rings is 1. The van der Waals surface area contributed by atoms with Gasteiger partial charge in [0.1, 0.15) is 0 Å². The Labute approximate surface area is 103 Å². The van der Waals surface area contributed by atoms with Gasteiger partial charge in [-0.1, -0.05) is 6.08 Å². The zero-order valence-electron chi connectivity index (χ0n) is 10.4. The standard InChI is InChI=1S/C15H20N2/c1-11-7-13(9-17-8-11)14-4-2-3-12-5-6-16-10-15(12)14/h4,7-9,12,15-16H,2-3,5-6,10H2,1H3/t12-,15+/m0/s1. The molecule has 0 saturated carbocycles. The smallest absolute Gasteiger partial charge is 0.0343 e. The lowest BCUT2D eigenvalue weighted by molar-refractivity contribution is 0.285. The molecule has 2 aliphatic rings. The first kappa shape index (κ1) is 11.0. The Hall–Kier alpha value is -1.15. The fourth-order valence-electron chi connectivity index (χ4n) is 3.27. The Morgan fingerprint density at radius 1 is 1.29 bits per heavy atom. The molecule has 3 rings (SSSR count). The van der Waals surface area contributed by atoms with Gasteiger partial charge in [-0.25, -0.2) is 0 Å². The van der Waals surface area contributed by atoms with Gasteiger partial charge in [0, 0.05) is 18.9 Å². The third-order valence-electron chi connectivity index (χ3n) is 4.13. The Morgan fingerprint density at radius 2 is 2.24 bits per heavy atom. The van der Waals surface area contributed by atoms with Crippen LogP contribution >= 0.6 is 0 Å². The average molecular weight is 228 g/mol. The number of hydrogen-bond donors (Lipinski definition) is 1. The first-order valence-corrected chi connectivity index (χ1v) is 6.67. The molecule has 2 nitrogen and oxygen atoms in total. The van der Waals surface area contributed by atoms with Crippen molar-refractivity contribution in [2.45, 2.75) is 26.2 Å². The van der Waals surface area contributed by atoms with Crippen LogP contribution in [0.5, 0.6) is 0 Å². The minimum Gasteiger partial charge on any atom is -0.316 e. The minimum atomic E-state index is 0.709. The van der Waals surface area contributed by atoms with Gasteiger partial charge in [0.05, 0.1) is 0 Å². The van der Waals surface area contributed by atoms with Crippen molar-refractivity contribution in [2.75, 3.05) is 13.1 Å². The average Bonchev–Trinajstić information content (AvgIpc) is 2.38. The molecule has 2 atom stereocenters. The van der Waals surface area contributed by atoms with Gasteiger partial charge in [-0.2, -0.15) is 0 Å². The van der Waals surface area contributed by atoms with Crippen LogP contribution in [0.2, 0.25) is 0 Å². The summed E-state index contributed by atoms with van der Waals surface area (Å²) in [5.41, 5.74) is 4.13. The first-order valence-electron chi connectivity index (χ1n) is 6.67. The zero-order chi connectivity index (χ0) is 11.7. The molecule has 1 aromatic heterocycles. The van der Waals surface area contributed by atoms with Gasteiger partial charge in [-0.3, -0.25) is 4.98 Å². The van der Waals surface area contributed by atoms with Crippen LogP contribution in [-0.4, -0.2) is 18.1 Å². The molecule has 1 fully saturated rings. The van der Waals surface area contributed by atoms with Gasteiger partial charge in [-0.15, -0.1) is 0 Å². The third kappa shape index (κ3) is 2.14. The molecule has 0 spiro atoms. The Kier molecular flexibility index (Phi) is 2.98. The highest BCUT2D eigenvalue weighted by molar-refractivity contribution is 5.68. The first-order chi connectivity index (χ1) is 8.34. The number of aromatic nitrogens is 1. The molecule has 17 heavy (non-hydrogen) atoms. The van der Waals surface area contributed by atoms with E-state index in [1.807, 2.05) is 12.4 Å². The second-order valence-electron chi connectivity index (χ2n) is 5.35. The number of nitrogens with one attached hydrogen (secondary N) is 1. The van der Waals surface area contributed by atoms with Crippen LogP contribution in [-0.2, 0) is 0 Å². The summed E-state index contributed by atoms with van der Waals surface area (Å²) in [6.45, 7) is 4.46.